The van der Waals surface area contributed by atoms with Crippen LogP contribution in [0.3, 0.4) is 0 Å². The minimum atomic E-state index is 0.432. The minimum absolute atomic E-state index is 0.432. The van der Waals surface area contributed by atoms with E-state index in [1.54, 1.807) is 0 Å². The van der Waals surface area contributed by atoms with Gasteiger partial charge in [0.2, 0.25) is 0 Å². The van der Waals surface area contributed by atoms with Gasteiger partial charge in [-0.3, -0.25) is 0 Å². The SMILES string of the molecule is ClN1CN=NN1. The molecule has 1 rings (SSSR count). The highest BCUT2D eigenvalue weighted by Gasteiger charge is 1.99. The van der Waals surface area contributed by atoms with Crippen molar-refractivity contribution >= 4 is 11.8 Å². The monoisotopic (exact) mass is 106 g/mol. The quantitative estimate of drug-likeness (QED) is 0.451. The Kier molecular flexibility index (Phi) is 0.894. The van der Waals surface area contributed by atoms with Crippen LogP contribution in [0.4, 0.5) is 0 Å². The molecule has 4 nitrogen and oxygen atoms in total. The summed E-state index contributed by atoms with van der Waals surface area (Å²) in [5.41, 5.74) is 2.38. The highest BCUT2D eigenvalue weighted by molar-refractivity contribution is 6.13. The Labute approximate surface area is 39.8 Å². The van der Waals surface area contributed by atoms with Gasteiger partial charge < -0.3 is 0 Å². The summed E-state index contributed by atoms with van der Waals surface area (Å²) in [4.78, 5) is 0. The molecule has 0 spiro atoms. The van der Waals surface area contributed by atoms with Crippen molar-refractivity contribution in [3.63, 3.8) is 0 Å². The van der Waals surface area contributed by atoms with Crippen molar-refractivity contribution in [2.45, 2.75) is 0 Å². The fraction of sp³-hybridized carbons (Fsp3) is 1.00. The average molecular weight is 107 g/mol. The van der Waals surface area contributed by atoms with Crippen LogP contribution in [0.1, 0.15) is 0 Å². The summed E-state index contributed by atoms with van der Waals surface area (Å²) >= 11 is 5.25. The lowest BCUT2D eigenvalue weighted by Gasteiger charge is -1.94. The van der Waals surface area contributed by atoms with Gasteiger partial charge in [-0.05, 0) is 0 Å². The van der Waals surface area contributed by atoms with E-state index in [9.17, 15) is 0 Å². The molecule has 5 heteroatoms. The summed E-state index contributed by atoms with van der Waals surface area (Å²) in [6.45, 7) is 0.432. The third-order valence-corrected chi connectivity index (χ3v) is 0.594. The zero-order valence-electron chi connectivity index (χ0n) is 2.93. The van der Waals surface area contributed by atoms with Crippen LogP contribution in [0.2, 0.25) is 0 Å². The maximum absolute atomic E-state index is 5.25. The van der Waals surface area contributed by atoms with Gasteiger partial charge in [0.15, 0.2) is 0 Å². The standard InChI is InChI=1S/CH3ClN4/c2-6-1-3-4-5-6/h1H2,(H,3,5). The lowest BCUT2D eigenvalue weighted by molar-refractivity contribution is 0.417. The van der Waals surface area contributed by atoms with E-state index in [1.165, 1.54) is 4.53 Å². The molecule has 1 aliphatic heterocycles. The molecule has 0 atom stereocenters. The van der Waals surface area contributed by atoms with Crippen molar-refractivity contribution in [2.24, 2.45) is 10.3 Å². The van der Waals surface area contributed by atoms with Crippen LogP contribution in [-0.4, -0.2) is 11.2 Å². The molecule has 0 radical (unpaired) electrons. The Hall–Kier alpha value is -0.350. The van der Waals surface area contributed by atoms with Crippen molar-refractivity contribution in [1.82, 2.24) is 10.1 Å². The van der Waals surface area contributed by atoms with Crippen LogP contribution in [-0.2, 0) is 0 Å². The number of nitrogens with zero attached hydrogens (tertiary/aromatic N) is 3. The fourth-order valence-corrected chi connectivity index (χ4v) is 0.281. The summed E-state index contributed by atoms with van der Waals surface area (Å²) in [7, 11) is 0. The summed E-state index contributed by atoms with van der Waals surface area (Å²) in [5, 5.41) is 6.81. The van der Waals surface area contributed by atoms with E-state index in [0.29, 0.717) is 6.67 Å². The number of hydrogen-bond acceptors (Lipinski definition) is 4. The first kappa shape index (κ1) is 3.83. The number of rotatable bonds is 0. The summed E-state index contributed by atoms with van der Waals surface area (Å²) in [5.74, 6) is 0. The first-order valence-corrected chi connectivity index (χ1v) is 1.79. The second kappa shape index (κ2) is 1.40. The Morgan fingerprint density at radius 2 is 2.67 bits per heavy atom. The Morgan fingerprint density at radius 1 is 1.83 bits per heavy atom. The van der Waals surface area contributed by atoms with E-state index in [-0.39, 0.29) is 0 Å². The highest BCUT2D eigenvalue weighted by atomic mass is 35.5. The largest absolute Gasteiger partial charge is 0.205 e. The molecule has 0 bridgehead atoms. The van der Waals surface area contributed by atoms with Gasteiger partial charge in [-0.25, -0.2) is 5.53 Å². The van der Waals surface area contributed by atoms with Crippen LogP contribution in [0.5, 0.6) is 0 Å². The molecular weight excluding hydrogens is 103 g/mol. The lowest BCUT2D eigenvalue weighted by Crippen LogP contribution is -2.17. The van der Waals surface area contributed by atoms with Crippen LogP contribution in [0.25, 0.3) is 0 Å². The average Bonchev–Trinajstić information content (AvgIpc) is 1.86. The fourth-order valence-electron chi connectivity index (χ4n) is 0.199. The second-order valence-electron chi connectivity index (χ2n) is 0.845. The first-order valence-electron chi connectivity index (χ1n) is 1.45. The molecular formula is CH3ClN4. The zero-order chi connectivity index (χ0) is 4.41. The van der Waals surface area contributed by atoms with Crippen LogP contribution in [0, 0.1) is 0 Å². The van der Waals surface area contributed by atoms with Gasteiger partial charge >= 0.3 is 0 Å². The molecule has 0 aliphatic carbocycles. The van der Waals surface area contributed by atoms with Crippen molar-refractivity contribution in [1.29, 1.82) is 0 Å². The van der Waals surface area contributed by atoms with Gasteiger partial charge in [0.05, 0.1) is 0 Å². The van der Waals surface area contributed by atoms with Crippen molar-refractivity contribution in [3.05, 3.63) is 0 Å². The van der Waals surface area contributed by atoms with Gasteiger partial charge in [0, 0.05) is 11.8 Å². The van der Waals surface area contributed by atoms with Gasteiger partial charge in [-0.2, -0.15) is 5.11 Å². The molecule has 1 N–H and O–H groups in total. The normalized spacial score (nSPS) is 21.5. The molecule has 34 valence electrons. The van der Waals surface area contributed by atoms with Gasteiger partial charge in [-0.1, -0.05) is 9.75 Å². The summed E-state index contributed by atoms with van der Waals surface area (Å²) in [6.07, 6.45) is 0. The van der Waals surface area contributed by atoms with E-state index in [1.807, 2.05) is 0 Å². The number of halogens is 1. The maximum atomic E-state index is 5.25. The summed E-state index contributed by atoms with van der Waals surface area (Å²) < 4.78 is 1.25. The van der Waals surface area contributed by atoms with Crippen LogP contribution < -0.4 is 5.53 Å². The molecule has 0 amide bonds. The molecule has 0 aromatic heterocycles. The smallest absolute Gasteiger partial charge is 0.149 e. The zero-order valence-corrected chi connectivity index (χ0v) is 3.68. The Bertz CT molecular complexity index is 61.9. The van der Waals surface area contributed by atoms with Gasteiger partial charge in [0.1, 0.15) is 6.67 Å². The third kappa shape index (κ3) is 0.580. The molecule has 0 aromatic carbocycles. The molecule has 0 aromatic rings. The topological polar surface area (TPSA) is 40.0 Å². The predicted molar refractivity (Wildman–Crippen MR) is 20.6 cm³/mol. The second-order valence-corrected chi connectivity index (χ2v) is 1.25. The van der Waals surface area contributed by atoms with E-state index in [2.05, 4.69) is 15.9 Å². The Balaban J connectivity index is 2.32. The summed E-state index contributed by atoms with van der Waals surface area (Å²) in [6, 6.07) is 0. The van der Waals surface area contributed by atoms with Gasteiger partial charge in [-0.15, -0.1) is 0 Å². The van der Waals surface area contributed by atoms with E-state index >= 15 is 0 Å². The molecule has 0 unspecified atom stereocenters. The van der Waals surface area contributed by atoms with Crippen molar-refractivity contribution in [3.8, 4) is 0 Å². The molecule has 0 fully saturated rings. The lowest BCUT2D eigenvalue weighted by atomic mass is 11.2. The van der Waals surface area contributed by atoms with E-state index < -0.39 is 0 Å². The van der Waals surface area contributed by atoms with Crippen molar-refractivity contribution in [2.75, 3.05) is 6.67 Å². The molecule has 6 heavy (non-hydrogen) atoms. The highest BCUT2D eigenvalue weighted by Crippen LogP contribution is 1.93. The molecule has 1 aliphatic rings. The van der Waals surface area contributed by atoms with Crippen LogP contribution in [0.15, 0.2) is 10.3 Å². The van der Waals surface area contributed by atoms with Gasteiger partial charge in [0.25, 0.3) is 0 Å². The molecule has 0 saturated heterocycles. The van der Waals surface area contributed by atoms with E-state index in [4.69, 9.17) is 11.8 Å². The third-order valence-electron chi connectivity index (χ3n) is 0.411. The van der Waals surface area contributed by atoms with E-state index in [0.717, 1.165) is 0 Å². The number of hydrogen-bond donors (Lipinski definition) is 1. The maximum Gasteiger partial charge on any atom is 0.149 e. The Morgan fingerprint density at radius 3 is 2.83 bits per heavy atom. The van der Waals surface area contributed by atoms with Crippen molar-refractivity contribution < 1.29 is 0 Å². The number of hydrazine groups is 1. The molecule has 0 saturated carbocycles. The predicted octanol–water partition coefficient (Wildman–Crippen LogP) is 0.285. The first-order chi connectivity index (χ1) is 2.89. The molecule has 1 heterocycles. The minimum Gasteiger partial charge on any atom is -0.205 e. The van der Waals surface area contributed by atoms with Crippen LogP contribution >= 0.6 is 11.8 Å². The number of nitrogens with one attached hydrogen (secondary N) is 1.